The summed E-state index contributed by atoms with van der Waals surface area (Å²) in [6.45, 7) is 3.06. The quantitative estimate of drug-likeness (QED) is 0.299. The molecule has 0 atom stereocenters. The van der Waals surface area contributed by atoms with E-state index in [1.165, 1.54) is 0 Å². The smallest absolute Gasteiger partial charge is 0.267 e. The van der Waals surface area contributed by atoms with Crippen LogP contribution in [0.3, 0.4) is 0 Å². The van der Waals surface area contributed by atoms with Crippen molar-refractivity contribution in [1.82, 2.24) is 10.3 Å². The maximum atomic E-state index is 12.4. The predicted octanol–water partition coefficient (Wildman–Crippen LogP) is 4.08. The van der Waals surface area contributed by atoms with Gasteiger partial charge in [-0.05, 0) is 50.1 Å². The number of para-hydroxylation sites is 2. The van der Waals surface area contributed by atoms with E-state index in [1.807, 2.05) is 43.3 Å². The van der Waals surface area contributed by atoms with Gasteiger partial charge in [-0.1, -0.05) is 24.6 Å². The fourth-order valence-corrected chi connectivity index (χ4v) is 3.24. The monoisotopic (exact) mass is 408 g/mol. The maximum Gasteiger partial charge on any atom is 0.267 e. The molecular formula is C23H28N4O3. The molecule has 0 fully saturated rings. The molecule has 0 bridgehead atoms. The van der Waals surface area contributed by atoms with Crippen LogP contribution in [0.4, 0.5) is 11.4 Å². The topological polar surface area (TPSA) is 109 Å². The molecule has 1 heterocycles. The summed E-state index contributed by atoms with van der Waals surface area (Å²) < 4.78 is 5.61. The van der Waals surface area contributed by atoms with Gasteiger partial charge in [0.1, 0.15) is 11.4 Å². The van der Waals surface area contributed by atoms with E-state index >= 15 is 0 Å². The van der Waals surface area contributed by atoms with Crippen LogP contribution in [0.5, 0.6) is 5.75 Å². The Kier molecular flexibility index (Phi) is 7.32. The number of rotatable bonds is 10. The average Bonchev–Trinajstić information content (AvgIpc) is 3.18. The SMILES string of the molecule is CCOc1cccc2[nH]c(C(=O)NCCCCCC(=O)Nc3ccccc3N)cc12. The third-order valence-electron chi connectivity index (χ3n) is 4.77. The van der Waals surface area contributed by atoms with Gasteiger partial charge in [0.25, 0.3) is 5.91 Å². The van der Waals surface area contributed by atoms with Gasteiger partial charge in [-0.25, -0.2) is 0 Å². The van der Waals surface area contributed by atoms with Crippen LogP contribution in [0, 0.1) is 0 Å². The Hall–Kier alpha value is -3.48. The second kappa shape index (κ2) is 10.3. The summed E-state index contributed by atoms with van der Waals surface area (Å²) >= 11 is 0. The number of benzene rings is 2. The molecule has 0 saturated heterocycles. The number of ether oxygens (including phenoxy) is 1. The Morgan fingerprint density at radius 2 is 1.90 bits per heavy atom. The number of hydrogen-bond acceptors (Lipinski definition) is 4. The van der Waals surface area contributed by atoms with E-state index in [-0.39, 0.29) is 11.8 Å². The Labute approximate surface area is 176 Å². The highest BCUT2D eigenvalue weighted by Crippen LogP contribution is 2.26. The fourth-order valence-electron chi connectivity index (χ4n) is 3.24. The van der Waals surface area contributed by atoms with Gasteiger partial charge in [-0.15, -0.1) is 0 Å². The minimum Gasteiger partial charge on any atom is -0.493 e. The first-order valence-corrected chi connectivity index (χ1v) is 10.3. The molecule has 2 amide bonds. The number of nitrogens with two attached hydrogens (primary N) is 1. The molecular weight excluding hydrogens is 380 g/mol. The number of H-pyrrole nitrogens is 1. The van der Waals surface area contributed by atoms with Gasteiger partial charge in [0.2, 0.25) is 5.91 Å². The van der Waals surface area contributed by atoms with Gasteiger partial charge in [0, 0.05) is 23.9 Å². The molecule has 1 aromatic heterocycles. The van der Waals surface area contributed by atoms with Crippen molar-refractivity contribution in [2.45, 2.75) is 32.6 Å². The zero-order valence-electron chi connectivity index (χ0n) is 17.2. The van der Waals surface area contributed by atoms with Crippen molar-refractivity contribution in [1.29, 1.82) is 0 Å². The van der Waals surface area contributed by atoms with Crippen molar-refractivity contribution in [3.8, 4) is 5.75 Å². The van der Waals surface area contributed by atoms with Crippen molar-refractivity contribution >= 4 is 34.1 Å². The molecule has 2 aromatic carbocycles. The van der Waals surface area contributed by atoms with E-state index in [0.29, 0.717) is 36.6 Å². The first-order valence-electron chi connectivity index (χ1n) is 10.3. The highest BCUT2D eigenvalue weighted by atomic mass is 16.5. The van der Waals surface area contributed by atoms with Gasteiger partial charge < -0.3 is 26.1 Å². The van der Waals surface area contributed by atoms with E-state index in [9.17, 15) is 9.59 Å². The lowest BCUT2D eigenvalue weighted by Crippen LogP contribution is -2.24. The molecule has 0 radical (unpaired) electrons. The van der Waals surface area contributed by atoms with Crippen LogP contribution in [0.1, 0.15) is 43.1 Å². The Balaban J connectivity index is 1.38. The van der Waals surface area contributed by atoms with Crippen LogP contribution < -0.4 is 21.1 Å². The molecule has 7 heteroatoms. The van der Waals surface area contributed by atoms with Crippen LogP contribution in [-0.4, -0.2) is 29.9 Å². The average molecular weight is 409 g/mol. The number of carbonyl (C=O) groups excluding carboxylic acids is 2. The summed E-state index contributed by atoms with van der Waals surface area (Å²) in [4.78, 5) is 27.5. The lowest BCUT2D eigenvalue weighted by molar-refractivity contribution is -0.116. The second-order valence-corrected chi connectivity index (χ2v) is 7.04. The summed E-state index contributed by atoms with van der Waals surface area (Å²) in [6.07, 6.45) is 2.82. The van der Waals surface area contributed by atoms with Gasteiger partial charge in [0.05, 0.1) is 18.0 Å². The van der Waals surface area contributed by atoms with Crippen molar-refractivity contribution < 1.29 is 14.3 Å². The molecule has 7 nitrogen and oxygen atoms in total. The Bertz CT molecular complexity index is 1010. The van der Waals surface area contributed by atoms with Gasteiger partial charge >= 0.3 is 0 Å². The normalized spacial score (nSPS) is 10.7. The fraction of sp³-hybridized carbons (Fsp3) is 0.304. The summed E-state index contributed by atoms with van der Waals surface area (Å²) in [6, 6.07) is 14.7. The van der Waals surface area contributed by atoms with E-state index in [4.69, 9.17) is 10.5 Å². The molecule has 0 unspecified atom stereocenters. The third kappa shape index (κ3) is 5.53. The summed E-state index contributed by atoms with van der Waals surface area (Å²) in [7, 11) is 0. The van der Waals surface area contributed by atoms with Crippen LogP contribution in [0.25, 0.3) is 10.9 Å². The van der Waals surface area contributed by atoms with Crippen LogP contribution in [-0.2, 0) is 4.79 Å². The van der Waals surface area contributed by atoms with Crippen LogP contribution >= 0.6 is 0 Å². The largest absolute Gasteiger partial charge is 0.493 e. The van der Waals surface area contributed by atoms with Crippen LogP contribution in [0.2, 0.25) is 0 Å². The summed E-state index contributed by atoms with van der Waals surface area (Å²) in [5.41, 5.74) is 8.40. The van der Waals surface area contributed by atoms with E-state index < -0.39 is 0 Å². The molecule has 0 aliphatic carbocycles. The Morgan fingerprint density at radius 1 is 1.07 bits per heavy atom. The molecule has 30 heavy (non-hydrogen) atoms. The molecule has 0 spiro atoms. The van der Waals surface area contributed by atoms with Crippen molar-refractivity contribution in [3.05, 3.63) is 54.2 Å². The number of fused-ring (bicyclic) bond motifs is 1. The van der Waals surface area contributed by atoms with Crippen molar-refractivity contribution in [2.75, 3.05) is 24.2 Å². The minimum absolute atomic E-state index is 0.0555. The van der Waals surface area contributed by atoms with E-state index in [1.54, 1.807) is 12.1 Å². The van der Waals surface area contributed by atoms with Gasteiger partial charge in [-0.3, -0.25) is 9.59 Å². The van der Waals surface area contributed by atoms with Crippen LogP contribution in [0.15, 0.2) is 48.5 Å². The van der Waals surface area contributed by atoms with Crippen molar-refractivity contribution in [2.24, 2.45) is 0 Å². The number of anilines is 2. The summed E-state index contributed by atoms with van der Waals surface area (Å²) in [5, 5.41) is 6.64. The molecule has 0 aliphatic rings. The summed E-state index contributed by atoms with van der Waals surface area (Å²) in [5.74, 6) is 0.562. The number of carbonyl (C=O) groups is 2. The van der Waals surface area contributed by atoms with E-state index in [2.05, 4.69) is 15.6 Å². The van der Waals surface area contributed by atoms with Crippen molar-refractivity contribution in [3.63, 3.8) is 0 Å². The second-order valence-electron chi connectivity index (χ2n) is 7.04. The predicted molar refractivity (Wildman–Crippen MR) is 120 cm³/mol. The molecule has 5 N–H and O–H groups in total. The highest BCUT2D eigenvalue weighted by Gasteiger charge is 2.12. The molecule has 0 saturated carbocycles. The molecule has 0 aliphatic heterocycles. The number of nitrogens with one attached hydrogen (secondary N) is 3. The maximum absolute atomic E-state index is 12.4. The molecule has 158 valence electrons. The van der Waals surface area contributed by atoms with E-state index in [0.717, 1.165) is 35.9 Å². The lowest BCUT2D eigenvalue weighted by Gasteiger charge is -2.08. The van der Waals surface area contributed by atoms with Gasteiger partial charge in [-0.2, -0.15) is 0 Å². The number of aromatic amines is 1. The zero-order valence-corrected chi connectivity index (χ0v) is 17.2. The number of amides is 2. The third-order valence-corrected chi connectivity index (χ3v) is 4.77. The number of aromatic nitrogens is 1. The van der Waals surface area contributed by atoms with Gasteiger partial charge in [0.15, 0.2) is 0 Å². The standard InChI is InChI=1S/C23H28N4O3/c1-2-30-21-12-8-11-18-16(21)15-20(26-18)23(29)25-14-7-3-4-13-22(28)27-19-10-6-5-9-17(19)24/h5-6,8-12,15,26H,2-4,7,13-14,24H2,1H3,(H,25,29)(H,27,28). The molecule has 3 rings (SSSR count). The Morgan fingerprint density at radius 3 is 2.70 bits per heavy atom. The molecule has 3 aromatic rings. The lowest BCUT2D eigenvalue weighted by atomic mass is 10.1. The first kappa shape index (κ1) is 21.2. The number of nitrogen functional groups attached to an aromatic ring is 1. The first-order chi connectivity index (χ1) is 14.6. The highest BCUT2D eigenvalue weighted by molar-refractivity contribution is 5.99. The number of hydrogen-bond donors (Lipinski definition) is 4. The minimum atomic E-state index is -0.147. The zero-order chi connectivity index (χ0) is 21.3. The number of unbranched alkanes of at least 4 members (excludes halogenated alkanes) is 2.